The molecule has 0 spiro atoms. The molecule has 1 rings (SSSR count). The van der Waals surface area contributed by atoms with Gasteiger partial charge in [0.05, 0.1) is 0 Å². The van der Waals surface area contributed by atoms with Crippen LogP contribution in [0.5, 0.6) is 5.75 Å². The predicted molar refractivity (Wildman–Crippen MR) is 52.1 cm³/mol. The highest BCUT2D eigenvalue weighted by atomic mass is 16.5. The Morgan fingerprint density at radius 2 is 1.77 bits per heavy atom. The fraction of sp³-hybridized carbons (Fsp3) is 0.300. The van der Waals surface area contributed by atoms with Crippen LogP contribution >= 0.6 is 0 Å². The van der Waals surface area contributed by atoms with Gasteiger partial charge in [-0.05, 0) is 24.3 Å². The Labute approximate surface area is 77.9 Å². The van der Waals surface area contributed by atoms with Crippen LogP contribution in [0.2, 0.25) is 0 Å². The molecule has 3 nitrogen and oxygen atoms in total. The molecule has 0 bridgehead atoms. The van der Waals surface area contributed by atoms with E-state index in [4.69, 9.17) is 4.74 Å². The standard InChI is InChI=1S/C10H13NO2/c1-8(12)13-10-6-4-9(5-7-10)11(2)3/h4-7H,1-3H3. The van der Waals surface area contributed by atoms with Gasteiger partial charge >= 0.3 is 5.97 Å². The molecule has 70 valence electrons. The van der Waals surface area contributed by atoms with Crippen LogP contribution in [0, 0.1) is 0 Å². The summed E-state index contributed by atoms with van der Waals surface area (Å²) in [5.41, 5.74) is 1.08. The minimum Gasteiger partial charge on any atom is -0.427 e. The first kappa shape index (κ1) is 9.58. The quantitative estimate of drug-likeness (QED) is 0.511. The van der Waals surface area contributed by atoms with E-state index in [1.807, 2.05) is 31.1 Å². The second kappa shape index (κ2) is 3.94. The Morgan fingerprint density at radius 1 is 1.23 bits per heavy atom. The predicted octanol–water partition coefficient (Wildman–Crippen LogP) is 1.68. The van der Waals surface area contributed by atoms with Gasteiger partial charge < -0.3 is 9.64 Å². The van der Waals surface area contributed by atoms with Gasteiger partial charge in [0, 0.05) is 26.7 Å². The molecule has 0 fully saturated rings. The average molecular weight is 179 g/mol. The van der Waals surface area contributed by atoms with E-state index in [0.717, 1.165) is 5.69 Å². The first-order chi connectivity index (χ1) is 6.09. The number of esters is 1. The van der Waals surface area contributed by atoms with Crippen LogP contribution in [0.4, 0.5) is 5.69 Å². The summed E-state index contributed by atoms with van der Waals surface area (Å²) in [6, 6.07) is 7.35. The largest absolute Gasteiger partial charge is 0.427 e. The Morgan fingerprint density at radius 3 is 2.15 bits per heavy atom. The van der Waals surface area contributed by atoms with Crippen molar-refractivity contribution in [2.45, 2.75) is 6.92 Å². The van der Waals surface area contributed by atoms with Crippen LogP contribution in [-0.4, -0.2) is 20.1 Å². The third-order valence-corrected chi connectivity index (χ3v) is 1.61. The van der Waals surface area contributed by atoms with Crippen LogP contribution in [0.1, 0.15) is 6.92 Å². The number of hydrogen-bond acceptors (Lipinski definition) is 3. The van der Waals surface area contributed by atoms with Gasteiger partial charge in [-0.2, -0.15) is 0 Å². The number of carbonyl (C=O) groups is 1. The van der Waals surface area contributed by atoms with Crippen molar-refractivity contribution in [2.75, 3.05) is 19.0 Å². The molecule has 0 aromatic heterocycles. The van der Waals surface area contributed by atoms with Crippen molar-refractivity contribution in [3.8, 4) is 5.75 Å². The van der Waals surface area contributed by atoms with Crippen molar-refractivity contribution in [3.63, 3.8) is 0 Å². The normalized spacial score (nSPS) is 9.46. The number of anilines is 1. The summed E-state index contributed by atoms with van der Waals surface area (Å²) in [7, 11) is 3.92. The van der Waals surface area contributed by atoms with Crippen molar-refractivity contribution in [1.82, 2.24) is 0 Å². The van der Waals surface area contributed by atoms with Gasteiger partial charge in [-0.1, -0.05) is 0 Å². The third kappa shape index (κ3) is 2.78. The topological polar surface area (TPSA) is 29.5 Å². The van der Waals surface area contributed by atoms with Gasteiger partial charge in [-0.25, -0.2) is 0 Å². The van der Waals surface area contributed by atoms with Gasteiger partial charge in [0.15, 0.2) is 0 Å². The van der Waals surface area contributed by atoms with Crippen molar-refractivity contribution in [3.05, 3.63) is 24.3 Å². The number of carbonyl (C=O) groups excluding carboxylic acids is 1. The highest BCUT2D eigenvalue weighted by molar-refractivity contribution is 5.69. The molecule has 0 heterocycles. The number of hydrogen-bond donors (Lipinski definition) is 0. The molecular weight excluding hydrogens is 166 g/mol. The van der Waals surface area contributed by atoms with Crippen LogP contribution in [-0.2, 0) is 4.79 Å². The molecule has 1 aromatic carbocycles. The summed E-state index contributed by atoms with van der Waals surface area (Å²) in [6.07, 6.45) is 0. The van der Waals surface area contributed by atoms with E-state index in [9.17, 15) is 4.79 Å². The lowest BCUT2D eigenvalue weighted by Gasteiger charge is -2.12. The maximum Gasteiger partial charge on any atom is 0.308 e. The van der Waals surface area contributed by atoms with Crippen molar-refractivity contribution >= 4 is 11.7 Å². The molecule has 0 saturated carbocycles. The van der Waals surface area contributed by atoms with Crippen molar-refractivity contribution < 1.29 is 9.53 Å². The maximum atomic E-state index is 10.6. The van der Waals surface area contributed by atoms with Gasteiger partial charge in [0.1, 0.15) is 5.75 Å². The number of nitrogens with zero attached hydrogens (tertiary/aromatic N) is 1. The summed E-state index contributed by atoms with van der Waals surface area (Å²) < 4.78 is 4.89. The average Bonchev–Trinajstić information content (AvgIpc) is 2.04. The SMILES string of the molecule is CC(=O)Oc1ccc(N(C)C)cc1. The Balaban J connectivity index is 2.75. The molecule has 0 atom stereocenters. The summed E-state index contributed by atoms with van der Waals surface area (Å²) in [4.78, 5) is 12.6. The minimum absolute atomic E-state index is 0.294. The second-order valence-electron chi connectivity index (χ2n) is 2.98. The molecule has 0 saturated heterocycles. The van der Waals surface area contributed by atoms with E-state index in [2.05, 4.69) is 0 Å². The molecule has 0 radical (unpaired) electrons. The van der Waals surface area contributed by atoms with Crippen LogP contribution in [0.3, 0.4) is 0 Å². The Hall–Kier alpha value is -1.51. The summed E-state index contributed by atoms with van der Waals surface area (Å²) in [6.45, 7) is 1.39. The van der Waals surface area contributed by atoms with Crippen molar-refractivity contribution in [2.24, 2.45) is 0 Å². The smallest absolute Gasteiger partial charge is 0.308 e. The van der Waals surface area contributed by atoms with Gasteiger partial charge in [0.25, 0.3) is 0 Å². The first-order valence-electron chi connectivity index (χ1n) is 4.05. The molecule has 1 aromatic rings. The summed E-state index contributed by atoms with van der Waals surface area (Å²) >= 11 is 0. The van der Waals surface area contributed by atoms with Gasteiger partial charge in [0.2, 0.25) is 0 Å². The van der Waals surface area contributed by atoms with Crippen LogP contribution in [0.15, 0.2) is 24.3 Å². The fourth-order valence-electron chi connectivity index (χ4n) is 0.978. The number of benzene rings is 1. The number of rotatable bonds is 2. The minimum atomic E-state index is -0.294. The number of ether oxygens (including phenoxy) is 1. The van der Waals surface area contributed by atoms with E-state index in [1.165, 1.54) is 6.92 Å². The Bertz CT molecular complexity index is 290. The maximum absolute atomic E-state index is 10.6. The highest BCUT2D eigenvalue weighted by Crippen LogP contribution is 2.17. The lowest BCUT2D eigenvalue weighted by Crippen LogP contribution is -2.08. The third-order valence-electron chi connectivity index (χ3n) is 1.61. The molecule has 0 amide bonds. The molecule has 0 N–H and O–H groups in total. The fourth-order valence-corrected chi connectivity index (χ4v) is 0.978. The van der Waals surface area contributed by atoms with E-state index >= 15 is 0 Å². The van der Waals surface area contributed by atoms with Crippen LogP contribution in [0.25, 0.3) is 0 Å². The lowest BCUT2D eigenvalue weighted by atomic mass is 10.3. The Kier molecular flexibility index (Phi) is 2.90. The lowest BCUT2D eigenvalue weighted by molar-refractivity contribution is -0.131. The van der Waals surface area contributed by atoms with Gasteiger partial charge in [-0.15, -0.1) is 0 Å². The zero-order valence-electron chi connectivity index (χ0n) is 8.07. The summed E-state index contributed by atoms with van der Waals surface area (Å²) in [5, 5.41) is 0. The van der Waals surface area contributed by atoms with E-state index in [1.54, 1.807) is 12.1 Å². The van der Waals surface area contributed by atoms with E-state index in [0.29, 0.717) is 5.75 Å². The first-order valence-corrected chi connectivity index (χ1v) is 4.05. The highest BCUT2D eigenvalue weighted by Gasteiger charge is 1.98. The molecule has 13 heavy (non-hydrogen) atoms. The van der Waals surface area contributed by atoms with Crippen molar-refractivity contribution in [1.29, 1.82) is 0 Å². The van der Waals surface area contributed by atoms with E-state index < -0.39 is 0 Å². The van der Waals surface area contributed by atoms with E-state index in [-0.39, 0.29) is 5.97 Å². The monoisotopic (exact) mass is 179 g/mol. The zero-order chi connectivity index (χ0) is 9.84. The molecule has 0 aliphatic rings. The van der Waals surface area contributed by atoms with Gasteiger partial charge in [-0.3, -0.25) is 4.79 Å². The van der Waals surface area contributed by atoms with Crippen LogP contribution < -0.4 is 9.64 Å². The molecule has 3 heteroatoms. The molecule has 0 aliphatic carbocycles. The molecule has 0 unspecified atom stereocenters. The molecule has 0 aliphatic heterocycles. The zero-order valence-corrected chi connectivity index (χ0v) is 8.07. The summed E-state index contributed by atoms with van der Waals surface area (Å²) in [5.74, 6) is 0.288. The molecular formula is C10H13NO2. The second-order valence-corrected chi connectivity index (χ2v) is 2.98.